The third-order valence-electron chi connectivity index (χ3n) is 3.32. The quantitative estimate of drug-likeness (QED) is 0.686. The van der Waals surface area contributed by atoms with Gasteiger partial charge in [-0.2, -0.15) is 13.9 Å². The molecule has 0 saturated carbocycles. The molecule has 0 amide bonds. The number of rotatable bonds is 5. The van der Waals surface area contributed by atoms with Crippen molar-refractivity contribution in [1.82, 2.24) is 20.1 Å². The molecule has 0 bridgehead atoms. The molecule has 0 atom stereocenters. The Kier molecular flexibility index (Phi) is 4.84. The first-order valence-corrected chi connectivity index (χ1v) is 7.67. The molecule has 2 heterocycles. The topological polar surface area (TPSA) is 52.0 Å². The predicted molar refractivity (Wildman–Crippen MR) is 88.3 cm³/mol. The first-order valence-electron chi connectivity index (χ1n) is 6.92. The first kappa shape index (κ1) is 16.9. The van der Waals surface area contributed by atoms with Gasteiger partial charge in [0.25, 0.3) is 0 Å². The molecular weight excluding hydrogens is 361 g/mol. The van der Waals surface area contributed by atoms with Gasteiger partial charge in [-0.25, -0.2) is 9.67 Å². The normalized spacial score (nSPS) is 11.4. The van der Waals surface area contributed by atoms with Crippen molar-refractivity contribution in [3.05, 3.63) is 46.3 Å². The summed E-state index contributed by atoms with van der Waals surface area (Å²) in [5.74, 6) is -0.0391. The molecule has 126 valence electrons. The Morgan fingerprint density at radius 3 is 2.79 bits per heavy atom. The summed E-state index contributed by atoms with van der Waals surface area (Å²) in [6, 6.07) is 5.95. The third kappa shape index (κ3) is 3.28. The van der Waals surface area contributed by atoms with Crippen molar-refractivity contribution >= 4 is 34.1 Å². The molecule has 0 radical (unpaired) electrons. The van der Waals surface area contributed by atoms with Gasteiger partial charge in [0.05, 0.1) is 11.2 Å². The van der Waals surface area contributed by atoms with E-state index in [9.17, 15) is 8.78 Å². The van der Waals surface area contributed by atoms with Gasteiger partial charge in [0.2, 0.25) is 0 Å². The summed E-state index contributed by atoms with van der Waals surface area (Å²) in [5.41, 5.74) is 1.60. The number of fused-ring (bicyclic) bond motifs is 1. The predicted octanol–water partition coefficient (Wildman–Crippen LogP) is 4.05. The van der Waals surface area contributed by atoms with Gasteiger partial charge < -0.3 is 10.1 Å². The summed E-state index contributed by atoms with van der Waals surface area (Å²) in [5, 5.41) is 8.85. The molecule has 0 fully saturated rings. The second-order valence-corrected chi connectivity index (χ2v) is 5.73. The van der Waals surface area contributed by atoms with Crippen LogP contribution in [-0.2, 0) is 6.54 Å². The standard InChI is InChI=1S/C15H12Cl2F2N4O/c1-20-7-10-9-6-21-14(17)5-11(9)23(22-10)12-4-8(16)2-3-13(12)24-15(18)19/h2-6,15,20H,7H2,1H3. The third-order valence-corrected chi connectivity index (χ3v) is 3.76. The van der Waals surface area contributed by atoms with E-state index in [2.05, 4.69) is 20.1 Å². The summed E-state index contributed by atoms with van der Waals surface area (Å²) in [7, 11) is 1.78. The van der Waals surface area contributed by atoms with E-state index < -0.39 is 6.61 Å². The smallest absolute Gasteiger partial charge is 0.387 e. The number of hydrogen-bond acceptors (Lipinski definition) is 4. The Morgan fingerprint density at radius 2 is 2.08 bits per heavy atom. The monoisotopic (exact) mass is 372 g/mol. The highest BCUT2D eigenvalue weighted by Crippen LogP contribution is 2.31. The Hall–Kier alpha value is -1.96. The zero-order chi connectivity index (χ0) is 17.3. The average molecular weight is 373 g/mol. The summed E-state index contributed by atoms with van der Waals surface area (Å²) < 4.78 is 31.4. The van der Waals surface area contributed by atoms with Crippen molar-refractivity contribution in [1.29, 1.82) is 0 Å². The van der Waals surface area contributed by atoms with E-state index in [0.29, 0.717) is 22.8 Å². The zero-order valence-electron chi connectivity index (χ0n) is 12.4. The largest absolute Gasteiger partial charge is 0.433 e. The van der Waals surface area contributed by atoms with Crippen molar-refractivity contribution in [3.63, 3.8) is 0 Å². The van der Waals surface area contributed by atoms with Gasteiger partial charge in [0.1, 0.15) is 10.8 Å². The number of nitrogens with zero attached hydrogens (tertiary/aromatic N) is 3. The number of nitrogens with one attached hydrogen (secondary N) is 1. The second kappa shape index (κ2) is 6.88. The van der Waals surface area contributed by atoms with Crippen molar-refractivity contribution in [2.75, 3.05) is 7.05 Å². The number of benzene rings is 1. The highest BCUT2D eigenvalue weighted by molar-refractivity contribution is 6.31. The van der Waals surface area contributed by atoms with Crippen molar-refractivity contribution in [2.45, 2.75) is 13.2 Å². The highest BCUT2D eigenvalue weighted by Gasteiger charge is 2.18. The fourth-order valence-corrected chi connectivity index (χ4v) is 2.70. The summed E-state index contributed by atoms with van der Waals surface area (Å²) in [4.78, 5) is 4.05. The molecule has 1 aromatic carbocycles. The molecule has 0 unspecified atom stereocenters. The molecule has 3 aromatic rings. The summed E-state index contributed by atoms with van der Waals surface area (Å²) in [6.45, 7) is -2.49. The van der Waals surface area contributed by atoms with Crippen molar-refractivity contribution in [3.8, 4) is 11.4 Å². The maximum absolute atomic E-state index is 12.7. The van der Waals surface area contributed by atoms with E-state index in [1.165, 1.54) is 22.9 Å². The minimum Gasteiger partial charge on any atom is -0.433 e. The molecule has 0 saturated heterocycles. The fraction of sp³-hybridized carbons (Fsp3) is 0.200. The number of aromatic nitrogens is 3. The van der Waals surface area contributed by atoms with Crippen LogP contribution in [0.5, 0.6) is 5.75 Å². The van der Waals surface area contributed by atoms with Crippen molar-refractivity contribution in [2.24, 2.45) is 0 Å². The molecule has 3 rings (SSSR count). The average Bonchev–Trinajstić information content (AvgIpc) is 2.87. The van der Waals surface area contributed by atoms with E-state index in [1.807, 2.05) is 0 Å². The van der Waals surface area contributed by atoms with Crippen LogP contribution >= 0.6 is 23.2 Å². The van der Waals surface area contributed by atoms with Gasteiger partial charge in [-0.15, -0.1) is 0 Å². The van der Waals surface area contributed by atoms with Gasteiger partial charge in [-0.3, -0.25) is 0 Å². The fourth-order valence-electron chi connectivity index (χ4n) is 2.38. The van der Waals surface area contributed by atoms with Crippen LogP contribution in [0.25, 0.3) is 16.6 Å². The van der Waals surface area contributed by atoms with Gasteiger partial charge in [-0.05, 0) is 25.2 Å². The molecule has 0 aliphatic carbocycles. The minimum atomic E-state index is -2.96. The van der Waals surface area contributed by atoms with Crippen LogP contribution < -0.4 is 10.1 Å². The van der Waals surface area contributed by atoms with Crippen molar-refractivity contribution < 1.29 is 13.5 Å². The Bertz CT molecular complexity index is 885. The Balaban J connectivity index is 2.25. The summed E-state index contributed by atoms with van der Waals surface area (Å²) >= 11 is 12.0. The van der Waals surface area contributed by atoms with Gasteiger partial charge >= 0.3 is 6.61 Å². The van der Waals surface area contributed by atoms with Gasteiger partial charge in [-0.1, -0.05) is 23.2 Å². The second-order valence-electron chi connectivity index (χ2n) is 4.90. The van der Waals surface area contributed by atoms with Crippen LogP contribution in [-0.4, -0.2) is 28.4 Å². The number of halogens is 4. The number of pyridine rings is 1. The lowest BCUT2D eigenvalue weighted by Gasteiger charge is -2.12. The number of hydrogen-bond donors (Lipinski definition) is 1. The lowest BCUT2D eigenvalue weighted by Crippen LogP contribution is -2.08. The minimum absolute atomic E-state index is 0.0391. The van der Waals surface area contributed by atoms with E-state index in [1.54, 1.807) is 19.3 Å². The molecule has 1 N–H and O–H groups in total. The molecule has 0 spiro atoms. The van der Waals surface area contributed by atoms with Crippen LogP contribution in [0.4, 0.5) is 8.78 Å². The number of ether oxygens (including phenoxy) is 1. The van der Waals surface area contributed by atoms with Crippen LogP contribution in [0.1, 0.15) is 5.69 Å². The van der Waals surface area contributed by atoms with E-state index in [4.69, 9.17) is 23.2 Å². The van der Waals surface area contributed by atoms with Crippen LogP contribution in [0.3, 0.4) is 0 Å². The summed E-state index contributed by atoms with van der Waals surface area (Å²) in [6.07, 6.45) is 1.59. The number of alkyl halides is 2. The molecule has 2 aromatic heterocycles. The van der Waals surface area contributed by atoms with Gasteiger partial charge in [0, 0.05) is 29.2 Å². The van der Waals surface area contributed by atoms with E-state index in [0.717, 1.165) is 5.39 Å². The SMILES string of the molecule is CNCc1nn(-c2cc(Cl)ccc2OC(F)F)c2cc(Cl)ncc12. The highest BCUT2D eigenvalue weighted by atomic mass is 35.5. The van der Waals surface area contributed by atoms with Gasteiger partial charge in [0.15, 0.2) is 5.75 Å². The molecule has 24 heavy (non-hydrogen) atoms. The molecule has 0 aliphatic rings. The lowest BCUT2D eigenvalue weighted by molar-refractivity contribution is -0.0498. The maximum Gasteiger partial charge on any atom is 0.387 e. The van der Waals surface area contributed by atoms with E-state index >= 15 is 0 Å². The first-order chi connectivity index (χ1) is 11.5. The van der Waals surface area contributed by atoms with Crippen LogP contribution in [0, 0.1) is 0 Å². The Labute approximate surface area is 146 Å². The van der Waals surface area contributed by atoms with Crippen LogP contribution in [0.15, 0.2) is 30.5 Å². The maximum atomic E-state index is 12.7. The molecule has 5 nitrogen and oxygen atoms in total. The van der Waals surface area contributed by atoms with Crippen LogP contribution in [0.2, 0.25) is 10.2 Å². The Morgan fingerprint density at radius 1 is 1.29 bits per heavy atom. The zero-order valence-corrected chi connectivity index (χ0v) is 13.9. The van der Waals surface area contributed by atoms with E-state index in [-0.39, 0.29) is 16.6 Å². The molecular formula is C15H12Cl2F2N4O. The molecule has 9 heteroatoms. The molecule has 0 aliphatic heterocycles. The lowest BCUT2D eigenvalue weighted by atomic mass is 10.2.